The van der Waals surface area contributed by atoms with Crippen molar-refractivity contribution < 1.29 is 27.8 Å². The number of carbonyl (C=O) groups is 1. The molecule has 0 radical (unpaired) electrons. The summed E-state index contributed by atoms with van der Waals surface area (Å²) in [6.07, 6.45) is -2.93. The second-order valence-corrected chi connectivity index (χ2v) is 3.32. The van der Waals surface area contributed by atoms with Crippen molar-refractivity contribution in [3.8, 4) is 5.75 Å². The third kappa shape index (κ3) is 4.78. The van der Waals surface area contributed by atoms with Gasteiger partial charge in [-0.15, -0.1) is 13.2 Å². The maximum Gasteiger partial charge on any atom is 0.573 e. The molecule has 0 bridgehead atoms. The van der Waals surface area contributed by atoms with E-state index in [-0.39, 0.29) is 10.6 Å². The Hall–Kier alpha value is -1.69. The van der Waals surface area contributed by atoms with E-state index in [4.69, 9.17) is 16.7 Å². The van der Waals surface area contributed by atoms with Crippen molar-refractivity contribution in [2.24, 2.45) is 0 Å². The van der Waals surface area contributed by atoms with Crippen LogP contribution in [0.2, 0.25) is 5.02 Å². The Labute approximate surface area is 99.1 Å². The first-order valence-electron chi connectivity index (χ1n) is 4.24. The molecule has 1 aromatic carbocycles. The lowest BCUT2D eigenvalue weighted by atomic mass is 10.2. The van der Waals surface area contributed by atoms with E-state index < -0.39 is 18.1 Å². The van der Waals surface area contributed by atoms with Crippen LogP contribution in [0.15, 0.2) is 24.3 Å². The van der Waals surface area contributed by atoms with Gasteiger partial charge < -0.3 is 9.84 Å². The lowest BCUT2D eigenvalue weighted by Crippen LogP contribution is -2.17. The standard InChI is InChI=1S/C10H6ClF3O3/c11-7-3-1-6(2-4-9(15)16)5-8(7)17-10(12,13)14/h1-5H,(H,15,16). The normalized spacial score (nSPS) is 11.8. The molecule has 0 amide bonds. The number of rotatable bonds is 3. The minimum atomic E-state index is -4.85. The highest BCUT2D eigenvalue weighted by Crippen LogP contribution is 2.31. The number of halogens is 4. The Balaban J connectivity index is 2.98. The molecule has 0 saturated carbocycles. The molecule has 0 fully saturated rings. The average molecular weight is 267 g/mol. The molecule has 0 spiro atoms. The van der Waals surface area contributed by atoms with Crippen LogP contribution in [-0.2, 0) is 4.79 Å². The summed E-state index contributed by atoms with van der Waals surface area (Å²) in [6, 6.07) is 3.55. The summed E-state index contributed by atoms with van der Waals surface area (Å²) in [5.41, 5.74) is 0.232. The Morgan fingerprint density at radius 1 is 1.41 bits per heavy atom. The van der Waals surface area contributed by atoms with Crippen LogP contribution in [0.25, 0.3) is 6.08 Å². The van der Waals surface area contributed by atoms with Crippen molar-refractivity contribution in [2.75, 3.05) is 0 Å². The van der Waals surface area contributed by atoms with Gasteiger partial charge in [-0.25, -0.2) is 4.79 Å². The molecule has 3 nitrogen and oxygen atoms in total. The highest BCUT2D eigenvalue weighted by atomic mass is 35.5. The van der Waals surface area contributed by atoms with Gasteiger partial charge in [0, 0.05) is 6.08 Å². The zero-order chi connectivity index (χ0) is 13.1. The van der Waals surface area contributed by atoms with Crippen molar-refractivity contribution in [2.45, 2.75) is 6.36 Å². The van der Waals surface area contributed by atoms with Crippen LogP contribution in [0.1, 0.15) is 5.56 Å². The number of ether oxygens (including phenoxy) is 1. The van der Waals surface area contributed by atoms with Crippen LogP contribution < -0.4 is 4.74 Å². The molecule has 1 rings (SSSR count). The lowest BCUT2D eigenvalue weighted by Gasteiger charge is -2.10. The van der Waals surface area contributed by atoms with E-state index in [0.29, 0.717) is 0 Å². The molecule has 0 aliphatic heterocycles. The summed E-state index contributed by atoms with van der Waals surface area (Å²) in [7, 11) is 0. The predicted octanol–water partition coefficient (Wildman–Crippen LogP) is 3.34. The maximum absolute atomic E-state index is 12.0. The molecule has 17 heavy (non-hydrogen) atoms. The van der Waals surface area contributed by atoms with Gasteiger partial charge in [-0.05, 0) is 23.8 Å². The van der Waals surface area contributed by atoms with E-state index in [1.165, 1.54) is 12.1 Å². The van der Waals surface area contributed by atoms with Crippen molar-refractivity contribution in [1.82, 2.24) is 0 Å². The second kappa shape index (κ2) is 5.09. The molecule has 1 aromatic rings. The molecule has 0 unspecified atom stereocenters. The molecular weight excluding hydrogens is 261 g/mol. The summed E-state index contributed by atoms with van der Waals surface area (Å²) >= 11 is 5.50. The zero-order valence-corrected chi connectivity index (χ0v) is 8.92. The predicted molar refractivity (Wildman–Crippen MR) is 54.8 cm³/mol. The largest absolute Gasteiger partial charge is 0.573 e. The fourth-order valence-electron chi connectivity index (χ4n) is 0.994. The molecule has 7 heteroatoms. The quantitative estimate of drug-likeness (QED) is 0.854. The van der Waals surface area contributed by atoms with Gasteiger partial charge in [-0.3, -0.25) is 0 Å². The molecule has 1 N–H and O–H groups in total. The van der Waals surface area contributed by atoms with Gasteiger partial charge in [0.1, 0.15) is 5.75 Å². The first kappa shape index (κ1) is 13.4. The van der Waals surface area contributed by atoms with Gasteiger partial charge in [-0.2, -0.15) is 0 Å². The van der Waals surface area contributed by atoms with Gasteiger partial charge in [0.2, 0.25) is 0 Å². The molecular formula is C10H6ClF3O3. The third-order valence-corrected chi connectivity index (χ3v) is 1.91. The summed E-state index contributed by atoms with van der Waals surface area (Å²) in [6.45, 7) is 0. The molecule has 0 aliphatic rings. The second-order valence-electron chi connectivity index (χ2n) is 2.91. The number of carboxylic acids is 1. The first-order chi connectivity index (χ1) is 7.78. The van der Waals surface area contributed by atoms with E-state index in [0.717, 1.165) is 18.2 Å². The van der Waals surface area contributed by atoms with Crippen molar-refractivity contribution in [3.63, 3.8) is 0 Å². The number of benzene rings is 1. The van der Waals surface area contributed by atoms with Crippen LogP contribution in [0.4, 0.5) is 13.2 Å². The summed E-state index contributed by atoms with van der Waals surface area (Å²) in [4.78, 5) is 10.2. The van der Waals surface area contributed by atoms with Gasteiger partial charge >= 0.3 is 12.3 Å². The summed E-state index contributed by atoms with van der Waals surface area (Å²) in [5, 5.41) is 8.15. The van der Waals surface area contributed by atoms with Crippen LogP contribution in [0.5, 0.6) is 5.75 Å². The van der Waals surface area contributed by atoms with Crippen LogP contribution in [-0.4, -0.2) is 17.4 Å². The molecule has 0 aliphatic carbocycles. The number of hydrogen-bond donors (Lipinski definition) is 1. The Bertz CT molecular complexity index is 455. The minimum absolute atomic E-state index is 0.213. The number of aliphatic carboxylic acids is 1. The summed E-state index contributed by atoms with van der Waals surface area (Å²) in [5.74, 6) is -1.79. The van der Waals surface area contributed by atoms with Gasteiger partial charge in [0.25, 0.3) is 0 Å². The van der Waals surface area contributed by atoms with Crippen LogP contribution >= 0.6 is 11.6 Å². The van der Waals surface area contributed by atoms with E-state index in [1.54, 1.807) is 0 Å². The minimum Gasteiger partial charge on any atom is -0.478 e. The van der Waals surface area contributed by atoms with E-state index in [9.17, 15) is 18.0 Å². The SMILES string of the molecule is O=C(O)C=Cc1ccc(Cl)c(OC(F)(F)F)c1. The Morgan fingerprint density at radius 3 is 2.59 bits per heavy atom. The zero-order valence-electron chi connectivity index (χ0n) is 8.16. The molecule has 0 atom stereocenters. The average Bonchev–Trinajstić information content (AvgIpc) is 2.17. The Kier molecular flexibility index (Phi) is 4.01. The number of carboxylic acid groups (broad SMARTS) is 1. The van der Waals surface area contributed by atoms with Gasteiger partial charge in [0.15, 0.2) is 0 Å². The van der Waals surface area contributed by atoms with Gasteiger partial charge in [-0.1, -0.05) is 17.7 Å². The van der Waals surface area contributed by atoms with Crippen molar-refractivity contribution in [1.29, 1.82) is 0 Å². The third-order valence-electron chi connectivity index (χ3n) is 1.60. The fraction of sp³-hybridized carbons (Fsp3) is 0.100. The lowest BCUT2D eigenvalue weighted by molar-refractivity contribution is -0.274. The van der Waals surface area contributed by atoms with Gasteiger partial charge in [0.05, 0.1) is 5.02 Å². The van der Waals surface area contributed by atoms with E-state index in [1.807, 2.05) is 0 Å². The van der Waals surface area contributed by atoms with E-state index in [2.05, 4.69) is 4.74 Å². The number of alkyl halides is 3. The van der Waals surface area contributed by atoms with Crippen molar-refractivity contribution >= 4 is 23.6 Å². The first-order valence-corrected chi connectivity index (χ1v) is 4.62. The van der Waals surface area contributed by atoms with Crippen molar-refractivity contribution in [3.05, 3.63) is 34.9 Å². The molecule has 92 valence electrons. The highest BCUT2D eigenvalue weighted by molar-refractivity contribution is 6.32. The van der Waals surface area contributed by atoms with Crippen LogP contribution in [0, 0.1) is 0 Å². The number of hydrogen-bond acceptors (Lipinski definition) is 2. The van der Waals surface area contributed by atoms with Crippen LogP contribution in [0.3, 0.4) is 0 Å². The fourth-order valence-corrected chi connectivity index (χ4v) is 1.15. The maximum atomic E-state index is 12.0. The molecule has 0 saturated heterocycles. The molecule has 0 aromatic heterocycles. The Morgan fingerprint density at radius 2 is 2.06 bits per heavy atom. The summed E-state index contributed by atoms with van der Waals surface area (Å²) < 4.78 is 39.6. The topological polar surface area (TPSA) is 46.5 Å². The highest BCUT2D eigenvalue weighted by Gasteiger charge is 2.32. The smallest absolute Gasteiger partial charge is 0.478 e. The van der Waals surface area contributed by atoms with E-state index >= 15 is 0 Å². The molecule has 0 heterocycles. The monoisotopic (exact) mass is 266 g/mol.